The molecule has 1 aromatic carbocycles. The van der Waals surface area contributed by atoms with Crippen molar-refractivity contribution in [1.29, 1.82) is 0 Å². The number of carbonyl (C=O) groups excluding carboxylic acids is 1. The van der Waals surface area contributed by atoms with E-state index in [0.29, 0.717) is 12.3 Å². The van der Waals surface area contributed by atoms with E-state index in [1.165, 1.54) is 0 Å². The highest BCUT2D eigenvalue weighted by molar-refractivity contribution is 5.81. The lowest BCUT2D eigenvalue weighted by Crippen LogP contribution is -2.44. The first-order chi connectivity index (χ1) is 8.93. The number of ether oxygens (including phenoxy) is 1. The Labute approximate surface area is 116 Å². The van der Waals surface area contributed by atoms with Gasteiger partial charge in [0.2, 0.25) is 0 Å². The molecule has 0 radical (unpaired) electrons. The standard InChI is InChI=1S/C16H25NO2/c1-6-15(16(18)17-13(5)11(2)3)19-14-9-7-8-12(4)10-14/h7-11,13,15H,6H2,1-5H3,(H,17,18)/t13-,15+/m0/s1. The third kappa shape index (κ3) is 4.93. The van der Waals surface area contributed by atoms with Crippen molar-refractivity contribution in [2.75, 3.05) is 0 Å². The van der Waals surface area contributed by atoms with E-state index in [0.717, 1.165) is 11.3 Å². The molecule has 1 aromatic rings. The fourth-order valence-corrected chi connectivity index (χ4v) is 1.66. The Morgan fingerprint density at radius 2 is 2.00 bits per heavy atom. The third-order valence-electron chi connectivity index (χ3n) is 3.30. The molecule has 0 aliphatic rings. The molecule has 0 aliphatic heterocycles. The van der Waals surface area contributed by atoms with Gasteiger partial charge < -0.3 is 10.1 Å². The molecule has 1 amide bonds. The minimum absolute atomic E-state index is 0.0368. The lowest BCUT2D eigenvalue weighted by molar-refractivity contribution is -0.129. The van der Waals surface area contributed by atoms with Crippen molar-refractivity contribution in [2.45, 2.75) is 53.2 Å². The maximum absolute atomic E-state index is 12.1. The molecule has 2 atom stereocenters. The van der Waals surface area contributed by atoms with Gasteiger partial charge in [-0.2, -0.15) is 0 Å². The number of amides is 1. The molecule has 0 fully saturated rings. The Balaban J connectivity index is 2.65. The highest BCUT2D eigenvalue weighted by atomic mass is 16.5. The van der Waals surface area contributed by atoms with Gasteiger partial charge in [0.05, 0.1) is 0 Å². The Bertz CT molecular complexity index is 415. The molecule has 0 aliphatic carbocycles. The molecule has 3 heteroatoms. The van der Waals surface area contributed by atoms with Crippen molar-refractivity contribution in [3.05, 3.63) is 29.8 Å². The number of aryl methyl sites for hydroxylation is 1. The van der Waals surface area contributed by atoms with Crippen LogP contribution >= 0.6 is 0 Å². The number of rotatable bonds is 6. The van der Waals surface area contributed by atoms with Crippen LogP contribution in [-0.4, -0.2) is 18.1 Å². The van der Waals surface area contributed by atoms with Crippen LogP contribution in [0, 0.1) is 12.8 Å². The van der Waals surface area contributed by atoms with Gasteiger partial charge in [0.15, 0.2) is 6.10 Å². The first-order valence-corrected chi connectivity index (χ1v) is 6.97. The summed E-state index contributed by atoms with van der Waals surface area (Å²) in [5, 5.41) is 3.00. The third-order valence-corrected chi connectivity index (χ3v) is 3.30. The van der Waals surface area contributed by atoms with Gasteiger partial charge in [0.25, 0.3) is 5.91 Å². The molecule has 0 spiro atoms. The normalized spacial score (nSPS) is 14.0. The summed E-state index contributed by atoms with van der Waals surface area (Å²) in [5.74, 6) is 1.13. The number of hydrogen-bond acceptors (Lipinski definition) is 2. The minimum Gasteiger partial charge on any atom is -0.481 e. The highest BCUT2D eigenvalue weighted by Crippen LogP contribution is 2.15. The van der Waals surface area contributed by atoms with Crippen LogP contribution in [0.2, 0.25) is 0 Å². The van der Waals surface area contributed by atoms with E-state index in [-0.39, 0.29) is 11.9 Å². The van der Waals surface area contributed by atoms with Crippen LogP contribution in [0.15, 0.2) is 24.3 Å². The monoisotopic (exact) mass is 263 g/mol. The molecule has 3 nitrogen and oxygen atoms in total. The van der Waals surface area contributed by atoms with Crippen LogP contribution in [0.5, 0.6) is 5.75 Å². The second-order valence-corrected chi connectivity index (χ2v) is 5.37. The zero-order chi connectivity index (χ0) is 14.4. The molecule has 0 aromatic heterocycles. The predicted octanol–water partition coefficient (Wildman–Crippen LogP) is 3.31. The van der Waals surface area contributed by atoms with Crippen molar-refractivity contribution < 1.29 is 9.53 Å². The van der Waals surface area contributed by atoms with Crippen molar-refractivity contribution in [3.8, 4) is 5.75 Å². The van der Waals surface area contributed by atoms with Crippen LogP contribution in [0.4, 0.5) is 0 Å². The second-order valence-electron chi connectivity index (χ2n) is 5.37. The van der Waals surface area contributed by atoms with Crippen LogP contribution in [0.1, 0.15) is 39.7 Å². The van der Waals surface area contributed by atoms with Gasteiger partial charge in [-0.25, -0.2) is 0 Å². The average Bonchev–Trinajstić information content (AvgIpc) is 2.35. The first-order valence-electron chi connectivity index (χ1n) is 6.97. The molecule has 0 heterocycles. The van der Waals surface area contributed by atoms with Gasteiger partial charge >= 0.3 is 0 Å². The molecule has 0 saturated carbocycles. The minimum atomic E-state index is -0.428. The Morgan fingerprint density at radius 3 is 2.53 bits per heavy atom. The predicted molar refractivity (Wildman–Crippen MR) is 78.3 cm³/mol. The van der Waals surface area contributed by atoms with Crippen LogP contribution in [-0.2, 0) is 4.79 Å². The van der Waals surface area contributed by atoms with Crippen molar-refractivity contribution >= 4 is 5.91 Å². The van der Waals surface area contributed by atoms with E-state index in [1.54, 1.807) is 0 Å². The van der Waals surface area contributed by atoms with Gasteiger partial charge in [-0.1, -0.05) is 32.9 Å². The number of benzene rings is 1. The zero-order valence-corrected chi connectivity index (χ0v) is 12.6. The van der Waals surface area contributed by atoms with Crippen molar-refractivity contribution in [2.24, 2.45) is 5.92 Å². The molecule has 1 N–H and O–H groups in total. The second kappa shape index (κ2) is 7.17. The fourth-order valence-electron chi connectivity index (χ4n) is 1.66. The molecule has 0 saturated heterocycles. The number of hydrogen-bond donors (Lipinski definition) is 1. The van der Waals surface area contributed by atoms with Crippen LogP contribution in [0.3, 0.4) is 0 Å². The summed E-state index contributed by atoms with van der Waals surface area (Å²) in [4.78, 5) is 12.1. The van der Waals surface area contributed by atoms with Crippen LogP contribution in [0.25, 0.3) is 0 Å². The summed E-state index contributed by atoms with van der Waals surface area (Å²) in [6.07, 6.45) is 0.230. The summed E-state index contributed by atoms with van der Waals surface area (Å²) in [5.41, 5.74) is 1.13. The van der Waals surface area contributed by atoms with Gasteiger partial charge in [0.1, 0.15) is 5.75 Å². The fraction of sp³-hybridized carbons (Fsp3) is 0.562. The SMILES string of the molecule is CC[C@@H](Oc1cccc(C)c1)C(=O)N[C@@H](C)C(C)C. The smallest absolute Gasteiger partial charge is 0.261 e. The number of carbonyl (C=O) groups is 1. The lowest BCUT2D eigenvalue weighted by Gasteiger charge is -2.22. The maximum Gasteiger partial charge on any atom is 0.261 e. The zero-order valence-electron chi connectivity index (χ0n) is 12.6. The molecule has 0 unspecified atom stereocenters. The van der Waals surface area contributed by atoms with E-state index in [2.05, 4.69) is 19.2 Å². The van der Waals surface area contributed by atoms with Gasteiger partial charge in [-0.15, -0.1) is 0 Å². The van der Waals surface area contributed by atoms with Gasteiger partial charge in [-0.3, -0.25) is 4.79 Å². The van der Waals surface area contributed by atoms with E-state index < -0.39 is 6.10 Å². The largest absolute Gasteiger partial charge is 0.481 e. The molecular weight excluding hydrogens is 238 g/mol. The Morgan fingerprint density at radius 1 is 1.32 bits per heavy atom. The highest BCUT2D eigenvalue weighted by Gasteiger charge is 2.21. The van der Waals surface area contributed by atoms with E-state index in [1.807, 2.05) is 45.0 Å². The molecule has 106 valence electrons. The van der Waals surface area contributed by atoms with E-state index >= 15 is 0 Å². The van der Waals surface area contributed by atoms with Crippen LogP contribution < -0.4 is 10.1 Å². The quantitative estimate of drug-likeness (QED) is 0.855. The lowest BCUT2D eigenvalue weighted by atomic mass is 10.1. The average molecular weight is 263 g/mol. The Kier molecular flexibility index (Phi) is 5.87. The molecule has 1 rings (SSSR count). The van der Waals surface area contributed by atoms with Gasteiger partial charge in [-0.05, 0) is 43.9 Å². The molecule has 0 bridgehead atoms. The summed E-state index contributed by atoms with van der Waals surface area (Å²) in [6.45, 7) is 10.2. The van der Waals surface area contributed by atoms with E-state index in [9.17, 15) is 4.79 Å². The number of nitrogens with one attached hydrogen (secondary N) is 1. The summed E-state index contributed by atoms with van der Waals surface area (Å²) in [7, 11) is 0. The van der Waals surface area contributed by atoms with E-state index in [4.69, 9.17) is 4.74 Å². The first kappa shape index (κ1) is 15.5. The maximum atomic E-state index is 12.1. The topological polar surface area (TPSA) is 38.3 Å². The summed E-state index contributed by atoms with van der Waals surface area (Å²) in [6, 6.07) is 7.93. The van der Waals surface area contributed by atoms with Gasteiger partial charge in [0, 0.05) is 6.04 Å². The Hall–Kier alpha value is -1.51. The van der Waals surface area contributed by atoms with Crippen molar-refractivity contribution in [1.82, 2.24) is 5.32 Å². The molecule has 19 heavy (non-hydrogen) atoms. The summed E-state index contributed by atoms with van der Waals surface area (Å²) < 4.78 is 5.77. The molecular formula is C16H25NO2. The van der Waals surface area contributed by atoms with Crippen molar-refractivity contribution in [3.63, 3.8) is 0 Å². The summed E-state index contributed by atoms with van der Waals surface area (Å²) >= 11 is 0.